The van der Waals surface area contributed by atoms with Crippen molar-refractivity contribution >= 4 is 5.69 Å². The van der Waals surface area contributed by atoms with Crippen LogP contribution in [0.5, 0.6) is 0 Å². The zero-order chi connectivity index (χ0) is 13.1. The minimum atomic E-state index is 0.789. The molecule has 1 saturated heterocycles. The van der Waals surface area contributed by atoms with Gasteiger partial charge in [0.1, 0.15) is 0 Å². The van der Waals surface area contributed by atoms with E-state index in [4.69, 9.17) is 0 Å². The molecule has 1 aliphatic heterocycles. The van der Waals surface area contributed by atoms with Crippen LogP contribution in [-0.2, 0) is 6.54 Å². The molecule has 0 spiro atoms. The summed E-state index contributed by atoms with van der Waals surface area (Å²) in [5.74, 6) is 0. The largest absolute Gasteiger partial charge is 0.371 e. The second-order valence-electron chi connectivity index (χ2n) is 6.19. The van der Waals surface area contributed by atoms with Gasteiger partial charge in [0.05, 0.1) is 0 Å². The van der Waals surface area contributed by atoms with E-state index >= 15 is 0 Å². The summed E-state index contributed by atoms with van der Waals surface area (Å²) in [5.41, 5.74) is 4.35. The Morgan fingerprint density at radius 3 is 2.53 bits per heavy atom. The molecule has 104 valence electrons. The van der Waals surface area contributed by atoms with E-state index in [0.717, 1.165) is 12.6 Å². The van der Waals surface area contributed by atoms with Crippen LogP contribution < -0.4 is 10.2 Å². The fraction of sp³-hybridized carbons (Fsp3) is 0.647. The van der Waals surface area contributed by atoms with Crippen LogP contribution in [0.15, 0.2) is 18.2 Å². The molecule has 1 aromatic carbocycles. The lowest BCUT2D eigenvalue weighted by atomic mass is 10.1. The van der Waals surface area contributed by atoms with Gasteiger partial charge in [-0.2, -0.15) is 0 Å². The van der Waals surface area contributed by atoms with Crippen LogP contribution in [0.2, 0.25) is 0 Å². The molecule has 0 amide bonds. The topological polar surface area (TPSA) is 15.3 Å². The molecule has 2 fully saturated rings. The molecule has 0 radical (unpaired) electrons. The molecule has 2 aliphatic rings. The Labute approximate surface area is 117 Å². The maximum absolute atomic E-state index is 3.67. The first kappa shape index (κ1) is 13.0. The van der Waals surface area contributed by atoms with Crippen LogP contribution in [0.25, 0.3) is 0 Å². The van der Waals surface area contributed by atoms with Crippen molar-refractivity contribution in [1.29, 1.82) is 0 Å². The molecule has 2 heteroatoms. The summed E-state index contributed by atoms with van der Waals surface area (Å²) in [5, 5.41) is 3.67. The van der Waals surface area contributed by atoms with E-state index in [2.05, 4.69) is 35.3 Å². The van der Waals surface area contributed by atoms with E-state index < -0.39 is 0 Å². The molecule has 1 aromatic rings. The number of nitrogens with one attached hydrogen (secondary N) is 1. The molecule has 1 N–H and O–H groups in total. The van der Waals surface area contributed by atoms with Crippen LogP contribution in [0, 0.1) is 6.92 Å². The van der Waals surface area contributed by atoms with E-state index in [1.54, 1.807) is 0 Å². The van der Waals surface area contributed by atoms with Gasteiger partial charge in [-0.15, -0.1) is 0 Å². The molecule has 3 rings (SSSR count). The number of rotatable bonds is 4. The van der Waals surface area contributed by atoms with Gasteiger partial charge in [-0.3, -0.25) is 0 Å². The van der Waals surface area contributed by atoms with Crippen molar-refractivity contribution in [3.8, 4) is 0 Å². The Balaban J connectivity index is 1.76. The Bertz CT molecular complexity index is 415. The number of benzene rings is 1. The number of hydrogen-bond acceptors (Lipinski definition) is 2. The van der Waals surface area contributed by atoms with Crippen molar-refractivity contribution in [3.63, 3.8) is 0 Å². The SMILES string of the molecule is Cc1ccc(N2CCCCCC2)c(CNC2CC2)c1. The van der Waals surface area contributed by atoms with Crippen LogP contribution in [0.4, 0.5) is 5.69 Å². The maximum atomic E-state index is 3.67. The van der Waals surface area contributed by atoms with Crippen LogP contribution in [0.1, 0.15) is 49.7 Å². The van der Waals surface area contributed by atoms with Gasteiger partial charge in [-0.1, -0.05) is 30.5 Å². The van der Waals surface area contributed by atoms with E-state index in [9.17, 15) is 0 Å². The van der Waals surface area contributed by atoms with Crippen molar-refractivity contribution in [3.05, 3.63) is 29.3 Å². The fourth-order valence-corrected chi connectivity index (χ4v) is 3.02. The van der Waals surface area contributed by atoms with Gasteiger partial charge in [0.25, 0.3) is 0 Å². The van der Waals surface area contributed by atoms with Gasteiger partial charge in [0.15, 0.2) is 0 Å². The summed E-state index contributed by atoms with van der Waals surface area (Å²) >= 11 is 0. The highest BCUT2D eigenvalue weighted by Crippen LogP contribution is 2.26. The number of nitrogens with zero attached hydrogens (tertiary/aromatic N) is 1. The second kappa shape index (κ2) is 5.96. The van der Waals surface area contributed by atoms with Gasteiger partial charge in [0, 0.05) is 31.4 Å². The summed E-state index contributed by atoms with van der Waals surface area (Å²) in [7, 11) is 0. The zero-order valence-corrected chi connectivity index (χ0v) is 12.1. The Kier molecular flexibility index (Phi) is 4.07. The Morgan fingerprint density at radius 2 is 1.84 bits per heavy atom. The van der Waals surface area contributed by atoms with Gasteiger partial charge in [0.2, 0.25) is 0 Å². The average molecular weight is 258 g/mol. The van der Waals surface area contributed by atoms with Gasteiger partial charge < -0.3 is 10.2 Å². The highest BCUT2D eigenvalue weighted by atomic mass is 15.1. The summed E-state index contributed by atoms with van der Waals surface area (Å²) in [6.45, 7) is 5.71. The molecule has 0 unspecified atom stereocenters. The van der Waals surface area contributed by atoms with Crippen LogP contribution in [-0.4, -0.2) is 19.1 Å². The first-order valence-electron chi connectivity index (χ1n) is 7.91. The smallest absolute Gasteiger partial charge is 0.0412 e. The maximum Gasteiger partial charge on any atom is 0.0412 e. The minimum Gasteiger partial charge on any atom is -0.371 e. The minimum absolute atomic E-state index is 0.789. The molecule has 2 nitrogen and oxygen atoms in total. The monoisotopic (exact) mass is 258 g/mol. The van der Waals surface area contributed by atoms with Crippen molar-refractivity contribution in [2.45, 2.75) is 58.0 Å². The lowest BCUT2D eigenvalue weighted by Gasteiger charge is -2.26. The van der Waals surface area contributed by atoms with Gasteiger partial charge in [-0.25, -0.2) is 0 Å². The highest BCUT2D eigenvalue weighted by molar-refractivity contribution is 5.55. The molecular formula is C17H26N2. The van der Waals surface area contributed by atoms with Crippen molar-refractivity contribution in [1.82, 2.24) is 5.32 Å². The van der Waals surface area contributed by atoms with Crippen molar-refractivity contribution in [2.75, 3.05) is 18.0 Å². The predicted octanol–water partition coefficient (Wildman–Crippen LogP) is 3.63. The van der Waals surface area contributed by atoms with Gasteiger partial charge >= 0.3 is 0 Å². The molecule has 19 heavy (non-hydrogen) atoms. The summed E-state index contributed by atoms with van der Waals surface area (Å²) in [4.78, 5) is 2.61. The predicted molar refractivity (Wildman–Crippen MR) is 81.7 cm³/mol. The fourth-order valence-electron chi connectivity index (χ4n) is 3.02. The lowest BCUT2D eigenvalue weighted by Crippen LogP contribution is -2.26. The van der Waals surface area contributed by atoms with Crippen LogP contribution in [0.3, 0.4) is 0 Å². The van der Waals surface area contributed by atoms with E-state index in [1.807, 2.05) is 0 Å². The highest BCUT2D eigenvalue weighted by Gasteiger charge is 2.21. The first-order valence-corrected chi connectivity index (χ1v) is 7.91. The van der Waals surface area contributed by atoms with Crippen LogP contribution >= 0.6 is 0 Å². The third-order valence-corrected chi connectivity index (χ3v) is 4.34. The van der Waals surface area contributed by atoms with E-state index in [1.165, 1.54) is 68.4 Å². The average Bonchev–Trinajstić information content (AvgIpc) is 3.24. The number of anilines is 1. The first-order chi connectivity index (χ1) is 9.33. The standard InChI is InChI=1S/C17H26N2/c1-14-6-9-17(19-10-4-2-3-5-11-19)15(12-14)13-18-16-7-8-16/h6,9,12,16,18H,2-5,7-8,10-11,13H2,1H3. The molecule has 1 saturated carbocycles. The summed E-state index contributed by atoms with van der Waals surface area (Å²) in [6, 6.07) is 7.76. The molecule has 1 heterocycles. The number of hydrogen-bond donors (Lipinski definition) is 1. The molecule has 0 atom stereocenters. The lowest BCUT2D eigenvalue weighted by molar-refractivity contribution is 0.682. The third kappa shape index (κ3) is 3.50. The Hall–Kier alpha value is -1.02. The number of aryl methyl sites for hydroxylation is 1. The third-order valence-electron chi connectivity index (χ3n) is 4.34. The van der Waals surface area contributed by atoms with Gasteiger partial charge in [-0.05, 0) is 44.2 Å². The molecular weight excluding hydrogens is 232 g/mol. The van der Waals surface area contributed by atoms with E-state index in [0.29, 0.717) is 0 Å². The van der Waals surface area contributed by atoms with Crippen molar-refractivity contribution < 1.29 is 0 Å². The molecule has 1 aliphatic carbocycles. The summed E-state index contributed by atoms with van der Waals surface area (Å²) in [6.07, 6.45) is 8.23. The summed E-state index contributed by atoms with van der Waals surface area (Å²) < 4.78 is 0. The normalized spacial score (nSPS) is 20.4. The van der Waals surface area contributed by atoms with E-state index in [-0.39, 0.29) is 0 Å². The molecule has 0 aromatic heterocycles. The molecule has 0 bridgehead atoms. The Morgan fingerprint density at radius 1 is 1.11 bits per heavy atom. The zero-order valence-electron chi connectivity index (χ0n) is 12.1. The van der Waals surface area contributed by atoms with Crippen molar-refractivity contribution in [2.24, 2.45) is 0 Å². The second-order valence-corrected chi connectivity index (χ2v) is 6.19. The quantitative estimate of drug-likeness (QED) is 0.887.